The van der Waals surface area contributed by atoms with Crippen LogP contribution in [0.4, 0.5) is 5.69 Å². The lowest BCUT2D eigenvalue weighted by atomic mass is 10.2. The van der Waals surface area contributed by atoms with Crippen molar-refractivity contribution in [2.24, 2.45) is 0 Å². The van der Waals surface area contributed by atoms with Crippen LogP contribution in [-0.2, 0) is 21.4 Å². The molecule has 9 heteroatoms. The number of rotatable bonds is 6. The molecule has 1 amide bonds. The van der Waals surface area contributed by atoms with Crippen molar-refractivity contribution in [1.82, 2.24) is 14.1 Å². The second-order valence-corrected chi connectivity index (χ2v) is 11.6. The largest absolute Gasteiger partial charge is 0.360 e. The molecule has 2 aromatic rings. The summed E-state index contributed by atoms with van der Waals surface area (Å²) in [6.07, 6.45) is 0. The normalized spacial score (nSPS) is 17.5. The molecule has 4 rings (SSSR count). The third kappa shape index (κ3) is 5.11. The maximum atomic E-state index is 13.1. The maximum absolute atomic E-state index is 13.1. The number of piperazine rings is 1. The number of benzene rings is 2. The summed E-state index contributed by atoms with van der Waals surface area (Å²) < 4.78 is 26.4. The van der Waals surface area contributed by atoms with Crippen LogP contribution in [0.25, 0.3) is 0 Å². The monoisotopic (exact) mass is 474 g/mol. The van der Waals surface area contributed by atoms with E-state index >= 15 is 0 Å². The van der Waals surface area contributed by atoms with Crippen LogP contribution >= 0.6 is 11.8 Å². The highest BCUT2D eigenvalue weighted by Crippen LogP contribution is 2.36. The van der Waals surface area contributed by atoms with Gasteiger partial charge in [-0.3, -0.25) is 9.69 Å². The molecule has 2 aliphatic heterocycles. The first-order valence-electron chi connectivity index (χ1n) is 10.8. The Kier molecular flexibility index (Phi) is 7.09. The van der Waals surface area contributed by atoms with Gasteiger partial charge in [0, 0.05) is 64.0 Å². The summed E-state index contributed by atoms with van der Waals surface area (Å²) in [5, 5.41) is 0. The quantitative estimate of drug-likeness (QED) is 0.640. The Morgan fingerprint density at radius 1 is 1.00 bits per heavy atom. The van der Waals surface area contributed by atoms with Gasteiger partial charge in [0.1, 0.15) is 0 Å². The van der Waals surface area contributed by atoms with Crippen LogP contribution in [0.15, 0.2) is 58.3 Å². The van der Waals surface area contributed by atoms with Crippen molar-refractivity contribution in [2.75, 3.05) is 64.0 Å². The van der Waals surface area contributed by atoms with Crippen molar-refractivity contribution in [2.45, 2.75) is 16.3 Å². The van der Waals surface area contributed by atoms with Crippen LogP contribution < -0.4 is 4.90 Å². The van der Waals surface area contributed by atoms with E-state index in [9.17, 15) is 13.2 Å². The fraction of sp³-hybridized carbons (Fsp3) is 0.435. The topological polar surface area (TPSA) is 64.2 Å². The van der Waals surface area contributed by atoms with Crippen LogP contribution in [0.1, 0.15) is 5.56 Å². The number of amides is 1. The highest BCUT2D eigenvalue weighted by atomic mass is 32.2. The van der Waals surface area contributed by atoms with E-state index in [1.54, 1.807) is 23.9 Å². The second-order valence-electron chi connectivity index (χ2n) is 8.33. The average Bonchev–Trinajstić information content (AvgIpc) is 2.80. The summed E-state index contributed by atoms with van der Waals surface area (Å²) in [5.74, 6) is 0.980. The molecule has 0 N–H and O–H groups in total. The number of nitrogens with zero attached hydrogens (tertiary/aromatic N) is 4. The Morgan fingerprint density at radius 3 is 2.41 bits per heavy atom. The zero-order valence-electron chi connectivity index (χ0n) is 18.6. The number of hydrogen-bond donors (Lipinski definition) is 0. The first kappa shape index (κ1) is 23.1. The number of carbonyl (C=O) groups excluding carboxylic acids is 1. The molecule has 0 unspecified atom stereocenters. The van der Waals surface area contributed by atoms with Crippen LogP contribution in [0, 0.1) is 0 Å². The molecule has 1 saturated heterocycles. The minimum absolute atomic E-state index is 0.100. The van der Waals surface area contributed by atoms with Crippen molar-refractivity contribution < 1.29 is 13.2 Å². The van der Waals surface area contributed by atoms with E-state index in [0.717, 1.165) is 55.6 Å². The lowest BCUT2D eigenvalue weighted by molar-refractivity contribution is -0.131. The van der Waals surface area contributed by atoms with Gasteiger partial charge in [-0.05, 0) is 23.8 Å². The molecule has 0 atom stereocenters. The molecular formula is C23H30N4O3S2. The molecule has 2 aliphatic rings. The Hall–Kier alpha value is -2.07. The van der Waals surface area contributed by atoms with Gasteiger partial charge in [0.05, 0.1) is 17.1 Å². The highest BCUT2D eigenvalue weighted by molar-refractivity contribution is 7.99. The van der Waals surface area contributed by atoms with Gasteiger partial charge in [0.15, 0.2) is 0 Å². The lowest BCUT2D eigenvalue weighted by Gasteiger charge is -2.37. The van der Waals surface area contributed by atoms with Crippen LogP contribution in [0.3, 0.4) is 0 Å². The fourth-order valence-electron chi connectivity index (χ4n) is 4.05. The second kappa shape index (κ2) is 9.82. The summed E-state index contributed by atoms with van der Waals surface area (Å²) in [4.78, 5) is 20.7. The van der Waals surface area contributed by atoms with Gasteiger partial charge in [-0.2, -0.15) is 0 Å². The van der Waals surface area contributed by atoms with Crippen molar-refractivity contribution in [3.05, 3.63) is 54.1 Å². The van der Waals surface area contributed by atoms with Gasteiger partial charge in [0.25, 0.3) is 0 Å². The Balaban J connectivity index is 1.39. The van der Waals surface area contributed by atoms with Gasteiger partial charge in [-0.15, -0.1) is 11.8 Å². The molecule has 2 aromatic carbocycles. The van der Waals surface area contributed by atoms with Crippen LogP contribution in [-0.4, -0.2) is 87.5 Å². The van der Waals surface area contributed by atoms with Gasteiger partial charge >= 0.3 is 0 Å². The van der Waals surface area contributed by atoms with E-state index in [4.69, 9.17) is 0 Å². The number of carbonyl (C=O) groups is 1. The molecular weight excluding hydrogens is 444 g/mol. The van der Waals surface area contributed by atoms with Crippen molar-refractivity contribution >= 4 is 33.4 Å². The molecule has 2 heterocycles. The van der Waals surface area contributed by atoms with E-state index in [1.165, 1.54) is 24.0 Å². The summed E-state index contributed by atoms with van der Waals surface area (Å²) in [7, 11) is -0.458. The standard InChI is InChI=1S/C23H30N4O3S2/c1-24(2)32(29,30)20-8-9-22-21(16-20)27(14-15-31-22)18-23(28)26-12-10-25(11-13-26)17-19-6-4-3-5-7-19/h3-9,16H,10-15,17-18H2,1-2H3. The molecule has 0 radical (unpaired) electrons. The predicted molar refractivity (Wildman–Crippen MR) is 129 cm³/mol. The summed E-state index contributed by atoms with van der Waals surface area (Å²) in [5.41, 5.74) is 2.12. The zero-order valence-corrected chi connectivity index (χ0v) is 20.2. The summed E-state index contributed by atoms with van der Waals surface area (Å²) in [6, 6.07) is 15.6. The number of anilines is 1. The molecule has 0 aromatic heterocycles. The van der Waals surface area contributed by atoms with E-state index in [2.05, 4.69) is 29.2 Å². The Morgan fingerprint density at radius 2 is 1.72 bits per heavy atom. The SMILES string of the molecule is CN(C)S(=O)(=O)c1ccc2c(c1)N(CC(=O)N1CCN(Cc3ccccc3)CC1)CCS2. The van der Waals surface area contributed by atoms with E-state index in [0.29, 0.717) is 0 Å². The highest BCUT2D eigenvalue weighted by Gasteiger charge is 2.27. The maximum Gasteiger partial charge on any atom is 0.242 e. The molecule has 0 bridgehead atoms. The Bertz CT molecular complexity index is 1050. The van der Waals surface area contributed by atoms with Gasteiger partial charge < -0.3 is 9.80 Å². The van der Waals surface area contributed by atoms with E-state index in [-0.39, 0.29) is 17.3 Å². The predicted octanol–water partition coefficient (Wildman–Crippen LogP) is 2.19. The lowest BCUT2D eigenvalue weighted by Crippen LogP contribution is -2.51. The van der Waals surface area contributed by atoms with Crippen molar-refractivity contribution in [3.63, 3.8) is 0 Å². The minimum Gasteiger partial charge on any atom is -0.360 e. The third-order valence-electron chi connectivity index (χ3n) is 5.97. The fourth-order valence-corrected chi connectivity index (χ4v) is 6.00. The molecule has 7 nitrogen and oxygen atoms in total. The summed E-state index contributed by atoms with van der Waals surface area (Å²) >= 11 is 1.70. The van der Waals surface area contributed by atoms with E-state index < -0.39 is 10.0 Å². The molecule has 1 fully saturated rings. The van der Waals surface area contributed by atoms with Crippen LogP contribution in [0.5, 0.6) is 0 Å². The number of thioether (sulfide) groups is 1. The van der Waals surface area contributed by atoms with Crippen molar-refractivity contribution in [1.29, 1.82) is 0 Å². The average molecular weight is 475 g/mol. The van der Waals surface area contributed by atoms with Gasteiger partial charge in [-0.25, -0.2) is 12.7 Å². The molecule has 0 aliphatic carbocycles. The number of hydrogen-bond acceptors (Lipinski definition) is 6. The van der Waals surface area contributed by atoms with Gasteiger partial charge in [-0.1, -0.05) is 30.3 Å². The smallest absolute Gasteiger partial charge is 0.242 e. The molecule has 32 heavy (non-hydrogen) atoms. The first-order valence-corrected chi connectivity index (χ1v) is 13.3. The third-order valence-corrected chi connectivity index (χ3v) is 8.82. The zero-order chi connectivity index (χ0) is 22.7. The number of fused-ring (bicyclic) bond motifs is 1. The molecule has 0 spiro atoms. The molecule has 172 valence electrons. The minimum atomic E-state index is -3.52. The molecule has 0 saturated carbocycles. The Labute approximate surface area is 195 Å². The van der Waals surface area contributed by atoms with Gasteiger partial charge in [0.2, 0.25) is 15.9 Å². The summed E-state index contributed by atoms with van der Waals surface area (Å²) in [6.45, 7) is 5.06. The van der Waals surface area contributed by atoms with E-state index in [1.807, 2.05) is 21.9 Å². The first-order chi connectivity index (χ1) is 15.3. The van der Waals surface area contributed by atoms with Crippen molar-refractivity contribution in [3.8, 4) is 0 Å². The number of sulfonamides is 1. The van der Waals surface area contributed by atoms with Crippen LogP contribution in [0.2, 0.25) is 0 Å².